The van der Waals surface area contributed by atoms with Crippen molar-refractivity contribution in [2.75, 3.05) is 6.61 Å². The number of unbranched alkanes of at least 4 members (excludes halogenated alkanes) is 2. The van der Waals surface area contributed by atoms with Gasteiger partial charge in [0.15, 0.2) is 0 Å². The highest BCUT2D eigenvalue weighted by Crippen LogP contribution is 2.38. The summed E-state index contributed by atoms with van der Waals surface area (Å²) in [4.78, 5) is 24.8. The highest BCUT2D eigenvalue weighted by molar-refractivity contribution is 6.04. The van der Waals surface area contributed by atoms with Gasteiger partial charge in [-0.05, 0) is 40.4 Å². The van der Waals surface area contributed by atoms with E-state index in [1.54, 1.807) is 6.07 Å². The molecule has 0 radical (unpaired) electrons. The molecule has 0 spiro atoms. The van der Waals surface area contributed by atoms with Crippen molar-refractivity contribution >= 4 is 11.9 Å². The molecule has 1 rings (SSSR count). The topological polar surface area (TPSA) is 63.6 Å². The summed E-state index contributed by atoms with van der Waals surface area (Å²) in [6.07, 6.45) is 4.09. The fraction of sp³-hybridized carbons (Fsp3) is 0.667. The fourth-order valence-electron chi connectivity index (χ4n) is 3.47. The van der Waals surface area contributed by atoms with Crippen LogP contribution in [-0.2, 0) is 15.6 Å². The first-order chi connectivity index (χ1) is 12.8. The van der Waals surface area contributed by atoms with Crippen molar-refractivity contribution < 1.29 is 19.4 Å². The highest BCUT2D eigenvalue weighted by Gasteiger charge is 2.33. The van der Waals surface area contributed by atoms with Gasteiger partial charge >= 0.3 is 11.9 Å². The van der Waals surface area contributed by atoms with Gasteiger partial charge in [0, 0.05) is 0 Å². The third-order valence-corrected chi connectivity index (χ3v) is 4.86. The highest BCUT2D eigenvalue weighted by atomic mass is 16.5. The molecule has 0 aliphatic heterocycles. The van der Waals surface area contributed by atoms with E-state index in [1.165, 1.54) is 6.42 Å². The van der Waals surface area contributed by atoms with Gasteiger partial charge in [0.2, 0.25) is 0 Å². The molecule has 28 heavy (non-hydrogen) atoms. The van der Waals surface area contributed by atoms with Crippen LogP contribution in [0.25, 0.3) is 0 Å². The molecule has 0 saturated carbocycles. The zero-order valence-electron chi connectivity index (χ0n) is 18.9. The second kappa shape index (κ2) is 9.58. The Kier molecular flexibility index (Phi) is 8.28. The first-order valence-electron chi connectivity index (χ1n) is 10.3. The molecule has 0 unspecified atom stereocenters. The van der Waals surface area contributed by atoms with Crippen LogP contribution in [-0.4, -0.2) is 23.7 Å². The Morgan fingerprint density at radius 3 is 2.04 bits per heavy atom. The van der Waals surface area contributed by atoms with Gasteiger partial charge in [-0.15, -0.1) is 0 Å². The number of ether oxygens (including phenoxy) is 1. The molecule has 158 valence electrons. The summed E-state index contributed by atoms with van der Waals surface area (Å²) in [5.41, 5.74) is 1.23. The van der Waals surface area contributed by atoms with Gasteiger partial charge in [0.05, 0.1) is 17.7 Å². The van der Waals surface area contributed by atoms with E-state index in [9.17, 15) is 14.7 Å². The number of carbonyl (C=O) groups is 2. The van der Waals surface area contributed by atoms with Gasteiger partial charge in [-0.1, -0.05) is 80.7 Å². The van der Waals surface area contributed by atoms with Crippen molar-refractivity contribution in [3.63, 3.8) is 0 Å². The van der Waals surface area contributed by atoms with Crippen LogP contribution in [0.1, 0.15) is 113 Å². The van der Waals surface area contributed by atoms with Gasteiger partial charge < -0.3 is 9.84 Å². The molecule has 4 nitrogen and oxygen atoms in total. The molecule has 0 heterocycles. The van der Waals surface area contributed by atoms with E-state index in [-0.39, 0.29) is 16.5 Å². The number of esters is 1. The minimum absolute atomic E-state index is 0.0738. The summed E-state index contributed by atoms with van der Waals surface area (Å²) in [6, 6.07) is 3.49. The van der Waals surface area contributed by atoms with E-state index in [0.29, 0.717) is 18.1 Å². The summed E-state index contributed by atoms with van der Waals surface area (Å²) < 4.78 is 5.42. The SMILES string of the molecule is CC(C)CCCCCOC(=O)c1ccc(C(C)(C)C)c(C(C)(C)C)c1C(=O)O. The molecule has 4 heteroatoms. The van der Waals surface area contributed by atoms with Gasteiger partial charge in [-0.3, -0.25) is 0 Å². The third-order valence-electron chi connectivity index (χ3n) is 4.86. The summed E-state index contributed by atoms with van der Waals surface area (Å²) in [5, 5.41) is 9.93. The van der Waals surface area contributed by atoms with Gasteiger partial charge in [0.25, 0.3) is 0 Å². The maximum absolute atomic E-state index is 12.7. The van der Waals surface area contributed by atoms with Gasteiger partial charge in [-0.2, -0.15) is 0 Å². The Bertz CT molecular complexity index is 688. The second-order valence-electron chi connectivity index (χ2n) is 10.1. The van der Waals surface area contributed by atoms with E-state index < -0.39 is 17.4 Å². The lowest BCUT2D eigenvalue weighted by Gasteiger charge is -2.32. The molecule has 1 aromatic rings. The Morgan fingerprint density at radius 1 is 0.964 bits per heavy atom. The lowest BCUT2D eigenvalue weighted by molar-refractivity contribution is 0.0486. The first-order valence-corrected chi connectivity index (χ1v) is 10.3. The standard InChI is InChI=1S/C24H38O4/c1-16(2)12-10-9-11-15-28-22(27)17-13-14-18(23(3,4)5)20(24(6,7)8)19(17)21(25)26/h13-14,16H,9-12,15H2,1-8H3,(H,25,26). The van der Waals surface area contributed by atoms with E-state index >= 15 is 0 Å². The average molecular weight is 391 g/mol. The third kappa shape index (κ3) is 6.65. The van der Waals surface area contributed by atoms with Crippen molar-refractivity contribution in [2.45, 2.75) is 91.9 Å². The van der Waals surface area contributed by atoms with Crippen LogP contribution in [0.4, 0.5) is 0 Å². The monoisotopic (exact) mass is 390 g/mol. The zero-order chi connectivity index (χ0) is 21.7. The quantitative estimate of drug-likeness (QED) is 0.415. The number of carboxylic acid groups (broad SMARTS) is 1. The average Bonchev–Trinajstić information content (AvgIpc) is 2.54. The smallest absolute Gasteiger partial charge is 0.339 e. The molecule has 1 N–H and O–H groups in total. The fourth-order valence-corrected chi connectivity index (χ4v) is 3.47. The van der Waals surface area contributed by atoms with Gasteiger partial charge in [0.1, 0.15) is 0 Å². The minimum atomic E-state index is -1.08. The molecule has 0 fully saturated rings. The van der Waals surface area contributed by atoms with Crippen LogP contribution >= 0.6 is 0 Å². The van der Waals surface area contributed by atoms with Crippen molar-refractivity contribution in [3.05, 3.63) is 34.4 Å². The minimum Gasteiger partial charge on any atom is -0.478 e. The summed E-state index contributed by atoms with van der Waals surface area (Å²) in [6.45, 7) is 16.8. The van der Waals surface area contributed by atoms with E-state index in [4.69, 9.17) is 4.74 Å². The Labute approximate surface area is 170 Å². The van der Waals surface area contributed by atoms with E-state index in [2.05, 4.69) is 34.6 Å². The van der Waals surface area contributed by atoms with Crippen LogP contribution in [0.5, 0.6) is 0 Å². The number of aromatic carboxylic acids is 1. The number of hydrogen-bond donors (Lipinski definition) is 1. The molecule has 0 amide bonds. The van der Waals surface area contributed by atoms with Crippen LogP contribution in [0, 0.1) is 5.92 Å². The molecule has 0 aliphatic rings. The molecule has 0 atom stereocenters. The maximum atomic E-state index is 12.7. The molecule has 0 bridgehead atoms. The molecule has 0 aliphatic carbocycles. The first kappa shape index (κ1) is 24.2. The Morgan fingerprint density at radius 2 is 1.57 bits per heavy atom. The van der Waals surface area contributed by atoms with Crippen molar-refractivity contribution in [1.82, 2.24) is 0 Å². The summed E-state index contributed by atoms with van der Waals surface area (Å²) >= 11 is 0. The lowest BCUT2D eigenvalue weighted by Crippen LogP contribution is -2.27. The van der Waals surface area contributed by atoms with Crippen LogP contribution in [0.2, 0.25) is 0 Å². The summed E-state index contributed by atoms with van der Waals surface area (Å²) in [7, 11) is 0. The Hall–Kier alpha value is -1.84. The number of carboxylic acids is 1. The molecular formula is C24H38O4. The zero-order valence-corrected chi connectivity index (χ0v) is 18.9. The normalized spacial score (nSPS) is 12.3. The number of benzene rings is 1. The van der Waals surface area contributed by atoms with Crippen LogP contribution in [0.3, 0.4) is 0 Å². The lowest BCUT2D eigenvalue weighted by atomic mass is 9.72. The molecular weight excluding hydrogens is 352 g/mol. The van der Waals surface area contributed by atoms with E-state index in [0.717, 1.165) is 24.8 Å². The van der Waals surface area contributed by atoms with Crippen LogP contribution < -0.4 is 0 Å². The maximum Gasteiger partial charge on any atom is 0.339 e. The molecule has 0 aromatic heterocycles. The predicted molar refractivity (Wildman–Crippen MR) is 114 cm³/mol. The molecule has 0 saturated heterocycles. The van der Waals surface area contributed by atoms with Crippen molar-refractivity contribution in [1.29, 1.82) is 0 Å². The largest absolute Gasteiger partial charge is 0.478 e. The van der Waals surface area contributed by atoms with Crippen LogP contribution in [0.15, 0.2) is 12.1 Å². The number of carbonyl (C=O) groups excluding carboxylic acids is 1. The van der Waals surface area contributed by atoms with Crippen molar-refractivity contribution in [3.8, 4) is 0 Å². The molecule has 1 aromatic carbocycles. The van der Waals surface area contributed by atoms with E-state index in [1.807, 2.05) is 26.8 Å². The Balaban J connectivity index is 3.13. The van der Waals surface area contributed by atoms with Gasteiger partial charge in [-0.25, -0.2) is 9.59 Å². The number of rotatable bonds is 8. The predicted octanol–water partition coefficient (Wildman–Crippen LogP) is 6.35. The second-order valence-corrected chi connectivity index (χ2v) is 10.1. The number of hydrogen-bond acceptors (Lipinski definition) is 3. The van der Waals surface area contributed by atoms with Crippen molar-refractivity contribution in [2.24, 2.45) is 5.92 Å². The summed E-state index contributed by atoms with van der Waals surface area (Å²) in [5.74, 6) is -0.954.